The van der Waals surface area contributed by atoms with Gasteiger partial charge in [0.25, 0.3) is 0 Å². The number of aliphatic hydroxyl groups excluding tert-OH is 5. The molecule has 9 heteroatoms. The normalized spacial score (nSPS) is 22.2. The Labute approximate surface area is 312 Å². The molecule has 9 nitrogen and oxygen atoms in total. The monoisotopic (exact) mass is 728 g/mol. The predicted molar refractivity (Wildman–Crippen MR) is 207 cm³/mol. The Kier molecular flexibility index (Phi) is 30.4. The van der Waals surface area contributed by atoms with Gasteiger partial charge in [0.05, 0.1) is 25.4 Å². The highest BCUT2D eigenvalue weighted by atomic mass is 16.7. The van der Waals surface area contributed by atoms with Crippen molar-refractivity contribution in [3.8, 4) is 0 Å². The highest BCUT2D eigenvalue weighted by molar-refractivity contribution is 5.76. The summed E-state index contributed by atoms with van der Waals surface area (Å²) in [6.07, 6.45) is 26.9. The summed E-state index contributed by atoms with van der Waals surface area (Å²) in [5.41, 5.74) is 0. The van der Waals surface area contributed by atoms with Gasteiger partial charge in [-0.1, -0.05) is 174 Å². The van der Waals surface area contributed by atoms with Crippen LogP contribution in [0.5, 0.6) is 0 Å². The van der Waals surface area contributed by atoms with Crippen molar-refractivity contribution in [2.75, 3.05) is 13.2 Å². The summed E-state index contributed by atoms with van der Waals surface area (Å²) in [5, 5.41) is 54.0. The van der Waals surface area contributed by atoms with Crippen molar-refractivity contribution >= 4 is 5.91 Å². The lowest BCUT2D eigenvalue weighted by Crippen LogP contribution is -2.60. The SMILES string of the molecule is CCCCCCCCCCCCCCCCCCC(=O)N[C@@H](CO[C@@H]1O[C@H](CO)[C@@H](O)[C@H](O)[C@H]1O)[C@H](O)/C=C/CCCCCCCCCC(C)C. The highest BCUT2D eigenvalue weighted by Crippen LogP contribution is 2.22. The van der Waals surface area contributed by atoms with Gasteiger partial charge in [0, 0.05) is 6.42 Å². The smallest absolute Gasteiger partial charge is 0.220 e. The van der Waals surface area contributed by atoms with Crippen LogP contribution in [0.4, 0.5) is 0 Å². The second-order valence-corrected chi connectivity index (χ2v) is 15.6. The average Bonchev–Trinajstić information content (AvgIpc) is 3.11. The second kappa shape index (κ2) is 32.4. The lowest BCUT2D eigenvalue weighted by molar-refractivity contribution is -0.302. The van der Waals surface area contributed by atoms with Gasteiger partial charge in [0.1, 0.15) is 24.4 Å². The molecule has 6 N–H and O–H groups in total. The number of allylic oxidation sites excluding steroid dienone is 1. The first-order chi connectivity index (χ1) is 24.7. The molecule has 1 amide bonds. The van der Waals surface area contributed by atoms with Crippen LogP contribution >= 0.6 is 0 Å². The minimum atomic E-state index is -1.56. The third-order valence-electron chi connectivity index (χ3n) is 10.3. The van der Waals surface area contributed by atoms with Crippen molar-refractivity contribution < 1.29 is 39.8 Å². The molecule has 0 radical (unpaired) electrons. The van der Waals surface area contributed by atoms with Crippen LogP contribution in [0, 0.1) is 5.92 Å². The molecule has 0 aliphatic carbocycles. The molecule has 0 saturated carbocycles. The van der Waals surface area contributed by atoms with Gasteiger partial charge < -0.3 is 40.3 Å². The standard InChI is InChI=1S/C42H81NO8/c1-4-5-6-7-8-9-10-11-12-13-14-15-19-22-25-28-31-38(46)43-35(33-50-42-41(49)40(48)39(47)37(32-44)51-42)36(45)30-27-24-21-18-16-17-20-23-26-29-34(2)3/h27,30,34-37,39-42,44-45,47-49H,4-26,28-29,31-33H2,1-3H3,(H,43,46)/b30-27+/t35-,36+,37+,39+,40-,41+,42+/m0/s1. The molecule has 0 spiro atoms. The average molecular weight is 728 g/mol. The third kappa shape index (κ3) is 24.8. The third-order valence-corrected chi connectivity index (χ3v) is 10.3. The van der Waals surface area contributed by atoms with E-state index in [2.05, 4.69) is 26.1 Å². The molecule has 0 aromatic carbocycles. The van der Waals surface area contributed by atoms with E-state index in [1.54, 1.807) is 6.08 Å². The van der Waals surface area contributed by atoms with Gasteiger partial charge in [-0.25, -0.2) is 0 Å². The number of hydrogen-bond acceptors (Lipinski definition) is 8. The number of aliphatic hydroxyl groups is 5. The van der Waals surface area contributed by atoms with Gasteiger partial charge in [-0.2, -0.15) is 0 Å². The molecule has 1 aliphatic rings. The van der Waals surface area contributed by atoms with Gasteiger partial charge in [-0.3, -0.25) is 4.79 Å². The van der Waals surface area contributed by atoms with Crippen molar-refractivity contribution in [3.05, 3.63) is 12.2 Å². The lowest BCUT2D eigenvalue weighted by atomic mass is 9.99. The molecule has 0 aromatic heterocycles. The van der Waals surface area contributed by atoms with E-state index in [-0.39, 0.29) is 12.5 Å². The van der Waals surface area contributed by atoms with E-state index in [1.807, 2.05) is 6.08 Å². The first-order valence-corrected chi connectivity index (χ1v) is 21.3. The maximum Gasteiger partial charge on any atom is 0.220 e. The Balaban J connectivity index is 2.38. The topological polar surface area (TPSA) is 149 Å². The fourth-order valence-corrected chi connectivity index (χ4v) is 6.81. The Morgan fingerprint density at radius 3 is 1.71 bits per heavy atom. The summed E-state index contributed by atoms with van der Waals surface area (Å²) in [6, 6.07) is -0.798. The molecule has 1 saturated heterocycles. The van der Waals surface area contributed by atoms with E-state index in [0.29, 0.717) is 6.42 Å². The predicted octanol–water partition coefficient (Wildman–Crippen LogP) is 8.02. The summed E-state index contributed by atoms with van der Waals surface area (Å²) in [4.78, 5) is 12.9. The molecule has 51 heavy (non-hydrogen) atoms. The van der Waals surface area contributed by atoms with Crippen molar-refractivity contribution in [3.63, 3.8) is 0 Å². The summed E-state index contributed by atoms with van der Waals surface area (Å²) >= 11 is 0. The Morgan fingerprint density at radius 1 is 0.706 bits per heavy atom. The maximum atomic E-state index is 12.9. The molecule has 0 aromatic rings. The van der Waals surface area contributed by atoms with Crippen molar-refractivity contribution in [2.24, 2.45) is 5.92 Å². The van der Waals surface area contributed by atoms with Crippen molar-refractivity contribution in [1.29, 1.82) is 0 Å². The van der Waals surface area contributed by atoms with E-state index in [9.17, 15) is 30.3 Å². The number of carbonyl (C=O) groups excluding carboxylic acids is 1. The van der Waals surface area contributed by atoms with Crippen LogP contribution in [-0.4, -0.2) is 87.5 Å². The molecule has 0 unspecified atom stereocenters. The Hall–Kier alpha value is -1.07. The number of nitrogens with one attached hydrogen (secondary N) is 1. The number of unbranched alkanes of at least 4 members (excludes halogenated alkanes) is 22. The Morgan fingerprint density at radius 2 is 1.20 bits per heavy atom. The molecule has 0 bridgehead atoms. The summed E-state index contributed by atoms with van der Waals surface area (Å²) in [6.45, 7) is 6.07. The molecule has 1 aliphatic heterocycles. The van der Waals surface area contributed by atoms with Gasteiger partial charge >= 0.3 is 0 Å². The van der Waals surface area contributed by atoms with E-state index >= 15 is 0 Å². The van der Waals surface area contributed by atoms with Crippen LogP contribution in [-0.2, 0) is 14.3 Å². The van der Waals surface area contributed by atoms with Crippen LogP contribution in [0.25, 0.3) is 0 Å². The van der Waals surface area contributed by atoms with Crippen molar-refractivity contribution in [1.82, 2.24) is 5.32 Å². The summed E-state index contributed by atoms with van der Waals surface area (Å²) in [5.74, 6) is 0.603. The van der Waals surface area contributed by atoms with E-state index in [4.69, 9.17) is 9.47 Å². The first kappa shape index (κ1) is 48.0. The van der Waals surface area contributed by atoms with E-state index in [1.165, 1.54) is 122 Å². The molecule has 1 fully saturated rings. The zero-order valence-electron chi connectivity index (χ0n) is 33.0. The minimum absolute atomic E-state index is 0.177. The quantitative estimate of drug-likeness (QED) is 0.0288. The number of carbonyl (C=O) groups is 1. The molecule has 302 valence electrons. The molecule has 7 atom stereocenters. The van der Waals surface area contributed by atoms with Crippen LogP contribution in [0.3, 0.4) is 0 Å². The zero-order chi connectivity index (χ0) is 37.5. The van der Waals surface area contributed by atoms with Gasteiger partial charge in [0.2, 0.25) is 5.91 Å². The van der Waals surface area contributed by atoms with Crippen LogP contribution in [0.1, 0.15) is 188 Å². The highest BCUT2D eigenvalue weighted by Gasteiger charge is 2.44. The van der Waals surface area contributed by atoms with Crippen LogP contribution in [0.2, 0.25) is 0 Å². The fourth-order valence-electron chi connectivity index (χ4n) is 6.81. The largest absolute Gasteiger partial charge is 0.394 e. The first-order valence-electron chi connectivity index (χ1n) is 21.3. The summed E-state index contributed by atoms with van der Waals surface area (Å²) < 4.78 is 11.2. The number of amides is 1. The van der Waals surface area contributed by atoms with E-state index < -0.39 is 49.5 Å². The number of ether oxygens (including phenoxy) is 2. The number of hydrogen-bond donors (Lipinski definition) is 6. The molecular formula is C42H81NO8. The van der Waals surface area contributed by atoms with Gasteiger partial charge in [-0.05, 0) is 25.2 Å². The summed E-state index contributed by atoms with van der Waals surface area (Å²) in [7, 11) is 0. The number of rotatable bonds is 34. The van der Waals surface area contributed by atoms with Crippen LogP contribution in [0.15, 0.2) is 12.2 Å². The second-order valence-electron chi connectivity index (χ2n) is 15.6. The van der Waals surface area contributed by atoms with Gasteiger partial charge in [0.15, 0.2) is 6.29 Å². The van der Waals surface area contributed by atoms with Crippen LogP contribution < -0.4 is 5.32 Å². The lowest BCUT2D eigenvalue weighted by Gasteiger charge is -2.40. The Bertz CT molecular complexity index is 825. The molecular weight excluding hydrogens is 646 g/mol. The molecule has 1 rings (SSSR count). The molecule has 1 heterocycles. The van der Waals surface area contributed by atoms with Crippen molar-refractivity contribution in [2.45, 2.75) is 231 Å². The maximum absolute atomic E-state index is 12.9. The minimum Gasteiger partial charge on any atom is -0.394 e. The fraction of sp³-hybridized carbons (Fsp3) is 0.929. The van der Waals surface area contributed by atoms with Gasteiger partial charge in [-0.15, -0.1) is 0 Å². The zero-order valence-corrected chi connectivity index (χ0v) is 33.0. The van der Waals surface area contributed by atoms with E-state index in [0.717, 1.165) is 44.4 Å².